The van der Waals surface area contributed by atoms with Gasteiger partial charge in [0.15, 0.2) is 5.75 Å². The van der Waals surface area contributed by atoms with Gasteiger partial charge >= 0.3 is 5.69 Å². The molecule has 2 amide bonds. The highest BCUT2D eigenvalue weighted by Crippen LogP contribution is 2.36. The number of nitro groups is 1. The van der Waals surface area contributed by atoms with Gasteiger partial charge in [0.2, 0.25) is 0 Å². The third-order valence-electron chi connectivity index (χ3n) is 3.91. The quantitative estimate of drug-likeness (QED) is 0.364. The number of benzene rings is 2. The van der Waals surface area contributed by atoms with Crippen LogP contribution in [0, 0.1) is 10.1 Å². The Labute approximate surface area is 174 Å². The lowest BCUT2D eigenvalue weighted by Crippen LogP contribution is -2.27. The summed E-state index contributed by atoms with van der Waals surface area (Å²) < 4.78 is 4.95. The summed E-state index contributed by atoms with van der Waals surface area (Å²) in [5, 5.41) is 11.5. The van der Waals surface area contributed by atoms with E-state index in [2.05, 4.69) is 0 Å². The van der Waals surface area contributed by atoms with Gasteiger partial charge in [-0.3, -0.25) is 24.6 Å². The minimum atomic E-state index is -0.579. The van der Waals surface area contributed by atoms with E-state index in [1.807, 2.05) is 0 Å². The highest BCUT2D eigenvalue weighted by atomic mass is 35.5. The molecule has 0 bridgehead atoms. The summed E-state index contributed by atoms with van der Waals surface area (Å²) in [7, 11) is 1.33. The SMILES string of the molecule is COc1ccc(/C=C2\SC(=O)N(Cc3ccc(Cl)cc3Cl)C2=O)cc1[N+](=O)[O-]. The number of nitrogens with zero attached hydrogens (tertiary/aromatic N) is 2. The first-order chi connectivity index (χ1) is 13.3. The molecule has 0 aromatic heterocycles. The maximum Gasteiger partial charge on any atom is 0.311 e. The van der Waals surface area contributed by atoms with Gasteiger partial charge in [-0.05, 0) is 47.2 Å². The summed E-state index contributed by atoms with van der Waals surface area (Å²) in [6.07, 6.45) is 1.43. The van der Waals surface area contributed by atoms with Crippen LogP contribution in [-0.4, -0.2) is 28.1 Å². The Morgan fingerprint density at radius 2 is 1.96 bits per heavy atom. The van der Waals surface area contributed by atoms with E-state index in [1.165, 1.54) is 31.4 Å². The molecule has 7 nitrogen and oxygen atoms in total. The molecule has 0 spiro atoms. The fraction of sp³-hybridized carbons (Fsp3) is 0.111. The van der Waals surface area contributed by atoms with E-state index in [0.29, 0.717) is 21.2 Å². The first kappa shape index (κ1) is 20.2. The fourth-order valence-corrected chi connectivity index (χ4v) is 3.85. The summed E-state index contributed by atoms with van der Waals surface area (Å²) in [4.78, 5) is 36.7. The predicted molar refractivity (Wildman–Crippen MR) is 108 cm³/mol. The van der Waals surface area contributed by atoms with Gasteiger partial charge in [-0.1, -0.05) is 35.3 Å². The third-order valence-corrected chi connectivity index (χ3v) is 5.41. The second-order valence-electron chi connectivity index (χ2n) is 5.69. The van der Waals surface area contributed by atoms with E-state index in [1.54, 1.807) is 18.2 Å². The lowest BCUT2D eigenvalue weighted by molar-refractivity contribution is -0.385. The van der Waals surface area contributed by atoms with Crippen LogP contribution in [0.2, 0.25) is 10.0 Å². The van der Waals surface area contributed by atoms with Gasteiger partial charge in [0, 0.05) is 16.1 Å². The molecule has 0 radical (unpaired) electrons. The van der Waals surface area contributed by atoms with Crippen molar-refractivity contribution in [2.45, 2.75) is 6.54 Å². The summed E-state index contributed by atoms with van der Waals surface area (Å²) in [5.41, 5.74) is 0.751. The second kappa shape index (κ2) is 8.22. The molecule has 1 saturated heterocycles. The van der Waals surface area contributed by atoms with Crippen molar-refractivity contribution in [3.63, 3.8) is 0 Å². The van der Waals surface area contributed by atoms with Crippen LogP contribution in [0.4, 0.5) is 10.5 Å². The van der Waals surface area contributed by atoms with Crippen molar-refractivity contribution in [2.24, 2.45) is 0 Å². The molecule has 1 aliphatic rings. The van der Waals surface area contributed by atoms with Crippen molar-refractivity contribution in [3.8, 4) is 5.75 Å². The monoisotopic (exact) mass is 438 g/mol. The molecule has 1 fully saturated rings. The van der Waals surface area contributed by atoms with Crippen LogP contribution in [0.25, 0.3) is 6.08 Å². The van der Waals surface area contributed by atoms with Crippen molar-refractivity contribution in [3.05, 3.63) is 72.6 Å². The van der Waals surface area contributed by atoms with E-state index in [0.717, 1.165) is 16.7 Å². The zero-order chi connectivity index (χ0) is 20.4. The zero-order valence-electron chi connectivity index (χ0n) is 14.3. The number of halogens is 2. The average Bonchev–Trinajstić information content (AvgIpc) is 2.91. The number of hydrogen-bond donors (Lipinski definition) is 0. The minimum absolute atomic E-state index is 0.000763. The number of carbonyl (C=O) groups excluding carboxylic acids is 2. The van der Waals surface area contributed by atoms with Crippen molar-refractivity contribution < 1.29 is 19.2 Å². The van der Waals surface area contributed by atoms with Crippen molar-refractivity contribution in [1.29, 1.82) is 0 Å². The van der Waals surface area contributed by atoms with Crippen molar-refractivity contribution in [1.82, 2.24) is 4.90 Å². The number of ether oxygens (including phenoxy) is 1. The molecule has 0 atom stereocenters. The first-order valence-corrected chi connectivity index (χ1v) is 9.39. The number of amides is 2. The Morgan fingerprint density at radius 3 is 2.61 bits per heavy atom. The molecule has 1 aliphatic heterocycles. The predicted octanol–water partition coefficient (Wildman–Crippen LogP) is 5.15. The number of methoxy groups -OCH3 is 1. The molecular formula is C18H12Cl2N2O5S. The van der Waals surface area contributed by atoms with E-state index in [9.17, 15) is 19.7 Å². The summed E-state index contributed by atoms with van der Waals surface area (Å²) >= 11 is 12.7. The van der Waals surface area contributed by atoms with Crippen LogP contribution in [0.5, 0.6) is 5.75 Å². The molecule has 10 heteroatoms. The largest absolute Gasteiger partial charge is 0.490 e. The highest BCUT2D eigenvalue weighted by Gasteiger charge is 2.35. The van der Waals surface area contributed by atoms with Crippen LogP contribution in [0.1, 0.15) is 11.1 Å². The van der Waals surface area contributed by atoms with Crippen LogP contribution < -0.4 is 4.74 Å². The second-order valence-corrected chi connectivity index (χ2v) is 7.53. The van der Waals surface area contributed by atoms with E-state index < -0.39 is 16.1 Å². The maximum absolute atomic E-state index is 12.6. The van der Waals surface area contributed by atoms with Gasteiger partial charge in [-0.15, -0.1) is 0 Å². The molecule has 0 unspecified atom stereocenters. The van der Waals surface area contributed by atoms with E-state index in [-0.39, 0.29) is 22.9 Å². The number of imide groups is 1. The topological polar surface area (TPSA) is 89.8 Å². The number of hydrogen-bond acceptors (Lipinski definition) is 6. The number of rotatable bonds is 5. The standard InChI is InChI=1S/C18H12Cl2N2O5S/c1-27-15-5-2-10(6-14(15)22(25)26)7-16-17(23)21(18(24)28-16)9-11-3-4-12(19)8-13(11)20/h2-8H,9H2,1H3/b16-7-. The van der Waals surface area contributed by atoms with Crippen molar-refractivity contribution in [2.75, 3.05) is 7.11 Å². The Bertz CT molecular complexity index is 1030. The van der Waals surface area contributed by atoms with Gasteiger partial charge in [0.25, 0.3) is 11.1 Å². The minimum Gasteiger partial charge on any atom is -0.490 e. The van der Waals surface area contributed by atoms with Gasteiger partial charge in [-0.25, -0.2) is 0 Å². The molecule has 1 heterocycles. The van der Waals surface area contributed by atoms with Gasteiger partial charge in [0.1, 0.15) is 0 Å². The first-order valence-electron chi connectivity index (χ1n) is 7.82. The normalized spacial score (nSPS) is 15.4. The number of thioether (sulfide) groups is 1. The summed E-state index contributed by atoms with van der Waals surface area (Å²) in [5.74, 6) is -0.396. The maximum atomic E-state index is 12.6. The van der Waals surface area contributed by atoms with Crippen LogP contribution in [-0.2, 0) is 11.3 Å². The summed E-state index contributed by atoms with van der Waals surface area (Å²) in [6, 6.07) is 9.07. The lowest BCUT2D eigenvalue weighted by Gasteiger charge is -2.13. The molecule has 0 N–H and O–H groups in total. The molecule has 28 heavy (non-hydrogen) atoms. The molecule has 2 aromatic carbocycles. The van der Waals surface area contributed by atoms with Gasteiger partial charge in [0.05, 0.1) is 23.5 Å². The van der Waals surface area contributed by atoms with Gasteiger partial charge in [-0.2, -0.15) is 0 Å². The molecule has 2 aromatic rings. The Hall–Kier alpha value is -2.55. The van der Waals surface area contributed by atoms with Gasteiger partial charge < -0.3 is 4.74 Å². The smallest absolute Gasteiger partial charge is 0.311 e. The zero-order valence-corrected chi connectivity index (χ0v) is 16.7. The Balaban J connectivity index is 1.87. The lowest BCUT2D eigenvalue weighted by atomic mass is 10.1. The van der Waals surface area contributed by atoms with Crippen LogP contribution in [0.3, 0.4) is 0 Å². The van der Waals surface area contributed by atoms with E-state index in [4.69, 9.17) is 27.9 Å². The average molecular weight is 439 g/mol. The summed E-state index contributed by atoms with van der Waals surface area (Å²) in [6.45, 7) is 0.000763. The molecule has 144 valence electrons. The molecule has 0 aliphatic carbocycles. The van der Waals surface area contributed by atoms with Crippen LogP contribution in [0.15, 0.2) is 41.3 Å². The van der Waals surface area contributed by atoms with Crippen molar-refractivity contribution >= 4 is 57.9 Å². The Kier molecular flexibility index (Phi) is 5.93. The number of carbonyl (C=O) groups is 2. The molecular weight excluding hydrogens is 427 g/mol. The molecule has 0 saturated carbocycles. The highest BCUT2D eigenvalue weighted by molar-refractivity contribution is 8.18. The van der Waals surface area contributed by atoms with E-state index >= 15 is 0 Å². The fourth-order valence-electron chi connectivity index (χ4n) is 2.55. The van der Waals surface area contributed by atoms with Crippen LogP contribution >= 0.6 is 35.0 Å². The third kappa shape index (κ3) is 4.14. The number of nitro benzene ring substituents is 1. The Morgan fingerprint density at radius 1 is 1.21 bits per heavy atom. The molecule has 3 rings (SSSR count).